The maximum atomic E-state index is 14.6. The normalized spacial score (nSPS) is 18.9. The molecule has 1 unspecified atom stereocenters. The maximum Gasteiger partial charge on any atom is 0.471 e. The lowest BCUT2D eigenvalue weighted by atomic mass is 9.48. The molecule has 1 aliphatic carbocycles. The molecular formula is C35H35B5F5N3O6. The molecule has 0 bridgehead atoms. The first kappa shape index (κ1) is 41.3. The third-order valence-corrected chi connectivity index (χ3v) is 9.85. The molecule has 276 valence electrons. The van der Waals surface area contributed by atoms with E-state index in [0.717, 1.165) is 13.2 Å². The number of aryl methyl sites for hydroxylation is 1. The summed E-state index contributed by atoms with van der Waals surface area (Å²) in [7, 11) is 34.0. The van der Waals surface area contributed by atoms with Crippen LogP contribution < -0.4 is 9.64 Å². The van der Waals surface area contributed by atoms with E-state index in [0.29, 0.717) is 16.5 Å². The molecule has 1 aliphatic heterocycles. The summed E-state index contributed by atoms with van der Waals surface area (Å²) in [5, 5.41) is -4.79. The van der Waals surface area contributed by atoms with Crippen LogP contribution in [0.3, 0.4) is 0 Å². The molecule has 19 heteroatoms. The third kappa shape index (κ3) is 7.66. The van der Waals surface area contributed by atoms with Gasteiger partial charge in [0.05, 0.1) is 64.5 Å². The standard InChI is InChI=1S/C35H35B5F5N3O6/c1-18-13-24(52-5)25(21-9-11-46(26(18)21)29(51)54-30(2,3)4)33(36,37)47-12-10-31(16-32(41,42)17-31)15-23(47)20-8-7-19(27(49)53-6)14-22(20)48(35(38,39)40)28(50)34(43,44)45/h7-9,11,13-14,23H,10,12,15-17H2,1-6H3. The van der Waals surface area contributed by atoms with Gasteiger partial charge in [-0.25, -0.2) is 18.4 Å². The summed E-state index contributed by atoms with van der Waals surface area (Å²) in [4.78, 5) is 40.3. The van der Waals surface area contributed by atoms with Crippen molar-refractivity contribution in [1.29, 1.82) is 0 Å². The number of amides is 1. The number of hydrogen-bond acceptors (Lipinski definition) is 7. The minimum Gasteiger partial charge on any atom is -0.496 e. The van der Waals surface area contributed by atoms with Crippen LogP contribution in [0.25, 0.3) is 10.9 Å². The first-order valence-corrected chi connectivity index (χ1v) is 16.8. The van der Waals surface area contributed by atoms with Gasteiger partial charge in [-0.15, -0.1) is 0 Å². The number of benzene rings is 2. The van der Waals surface area contributed by atoms with Crippen LogP contribution >= 0.6 is 0 Å². The van der Waals surface area contributed by atoms with Gasteiger partial charge in [0.1, 0.15) is 11.4 Å². The van der Waals surface area contributed by atoms with Crippen LogP contribution in [-0.2, 0) is 19.6 Å². The Balaban J connectivity index is 1.78. The van der Waals surface area contributed by atoms with Crippen LogP contribution in [0.5, 0.6) is 5.75 Å². The summed E-state index contributed by atoms with van der Waals surface area (Å²) in [5.41, 5.74) is -1.96. The number of fused-ring (bicyclic) bond motifs is 1. The van der Waals surface area contributed by atoms with Gasteiger partial charge in [0, 0.05) is 41.7 Å². The van der Waals surface area contributed by atoms with Gasteiger partial charge in [-0.3, -0.25) is 9.36 Å². The van der Waals surface area contributed by atoms with Crippen molar-refractivity contribution >= 4 is 73.8 Å². The van der Waals surface area contributed by atoms with Crippen molar-refractivity contribution in [2.75, 3.05) is 25.7 Å². The molecule has 3 aromatic rings. The monoisotopic (exact) mass is 743 g/mol. The number of rotatable bonds is 7. The molecule has 1 atom stereocenters. The zero-order valence-electron chi connectivity index (χ0n) is 30.6. The molecule has 54 heavy (non-hydrogen) atoms. The third-order valence-electron chi connectivity index (χ3n) is 9.85. The molecule has 0 N–H and O–H groups in total. The van der Waals surface area contributed by atoms with Crippen molar-refractivity contribution in [2.45, 2.75) is 87.7 Å². The lowest BCUT2D eigenvalue weighted by Gasteiger charge is -2.58. The molecule has 2 fully saturated rings. The number of alkyl halides is 5. The second kappa shape index (κ2) is 13.7. The Morgan fingerprint density at radius 1 is 0.963 bits per heavy atom. The van der Waals surface area contributed by atoms with Crippen molar-refractivity contribution < 1.29 is 50.5 Å². The Kier molecular flexibility index (Phi) is 10.5. The number of esters is 1. The molecular weight excluding hydrogens is 707 g/mol. The van der Waals surface area contributed by atoms with Gasteiger partial charge >= 0.3 is 24.1 Å². The summed E-state index contributed by atoms with van der Waals surface area (Å²) >= 11 is 0. The summed E-state index contributed by atoms with van der Waals surface area (Å²) in [6, 6.07) is 5.23. The molecule has 2 aromatic carbocycles. The van der Waals surface area contributed by atoms with Crippen molar-refractivity contribution in [3.63, 3.8) is 0 Å². The molecule has 9 nitrogen and oxygen atoms in total. The van der Waals surface area contributed by atoms with E-state index in [1.54, 1.807) is 39.8 Å². The lowest BCUT2D eigenvalue weighted by Crippen LogP contribution is -2.60. The second-order valence-corrected chi connectivity index (χ2v) is 15.2. The Morgan fingerprint density at radius 3 is 2.11 bits per heavy atom. The highest BCUT2D eigenvalue weighted by molar-refractivity contribution is 6.62. The van der Waals surface area contributed by atoms with E-state index in [1.165, 1.54) is 34.9 Å². The second-order valence-electron chi connectivity index (χ2n) is 15.2. The van der Waals surface area contributed by atoms with Gasteiger partial charge in [-0.05, 0) is 93.2 Å². The summed E-state index contributed by atoms with van der Waals surface area (Å²) < 4.78 is 89.0. The highest BCUT2D eigenvalue weighted by Crippen LogP contribution is 2.62. The van der Waals surface area contributed by atoms with E-state index in [-0.39, 0.29) is 46.7 Å². The minimum atomic E-state index is -5.57. The van der Waals surface area contributed by atoms with Crippen molar-refractivity contribution in [3.05, 3.63) is 58.8 Å². The van der Waals surface area contributed by atoms with Gasteiger partial charge in [0.25, 0.3) is 0 Å². The Morgan fingerprint density at radius 2 is 1.59 bits per heavy atom. The van der Waals surface area contributed by atoms with Crippen molar-refractivity contribution in [1.82, 2.24) is 9.47 Å². The Labute approximate surface area is 316 Å². The molecule has 1 saturated heterocycles. The van der Waals surface area contributed by atoms with E-state index in [4.69, 9.17) is 53.4 Å². The molecule has 1 amide bonds. The van der Waals surface area contributed by atoms with Crippen LogP contribution in [0.2, 0.25) is 0 Å². The average molecular weight is 743 g/mol. The zero-order chi connectivity index (χ0) is 40.6. The number of methoxy groups -OCH3 is 2. The van der Waals surface area contributed by atoms with Gasteiger partial charge in [-0.1, -0.05) is 11.3 Å². The number of ether oxygens (including phenoxy) is 3. The maximum absolute atomic E-state index is 14.6. The van der Waals surface area contributed by atoms with Crippen molar-refractivity contribution in [3.8, 4) is 5.75 Å². The predicted molar refractivity (Wildman–Crippen MR) is 195 cm³/mol. The number of aromatic nitrogens is 1. The summed E-state index contributed by atoms with van der Waals surface area (Å²) in [6.45, 7) is 6.72. The highest BCUT2D eigenvalue weighted by Gasteiger charge is 2.60. The van der Waals surface area contributed by atoms with Gasteiger partial charge < -0.3 is 24.0 Å². The first-order valence-electron chi connectivity index (χ1n) is 16.8. The molecule has 1 aromatic heterocycles. The molecule has 10 radical (unpaired) electrons. The van der Waals surface area contributed by atoms with E-state index in [2.05, 4.69) is 0 Å². The van der Waals surface area contributed by atoms with Gasteiger partial charge in [0.2, 0.25) is 5.92 Å². The molecule has 2 heterocycles. The Bertz CT molecular complexity index is 1980. The quantitative estimate of drug-likeness (QED) is 0.186. The molecule has 1 spiro atoms. The van der Waals surface area contributed by atoms with E-state index in [9.17, 15) is 36.3 Å². The van der Waals surface area contributed by atoms with Gasteiger partial charge in [-0.2, -0.15) is 13.2 Å². The molecule has 1 saturated carbocycles. The molecule has 5 rings (SSSR count). The van der Waals surface area contributed by atoms with Crippen LogP contribution in [0.4, 0.5) is 32.4 Å². The topological polar surface area (TPSA) is 90.3 Å². The van der Waals surface area contributed by atoms with Gasteiger partial charge in [0.15, 0.2) is 0 Å². The van der Waals surface area contributed by atoms with Crippen LogP contribution in [0.1, 0.15) is 79.5 Å². The summed E-state index contributed by atoms with van der Waals surface area (Å²) in [6.07, 6.45) is -5.92. The number of likely N-dealkylation sites (tertiary alicyclic amines) is 1. The van der Waals surface area contributed by atoms with Crippen molar-refractivity contribution in [2.24, 2.45) is 5.41 Å². The number of nitrogens with zero attached hydrogens (tertiary/aromatic N) is 3. The minimum absolute atomic E-state index is 0.0938. The number of anilines is 1. The fraction of sp³-hybridized carbons (Fsp3) is 0.514. The number of hydrogen-bond donors (Lipinski definition) is 0. The highest BCUT2D eigenvalue weighted by atomic mass is 19.4. The predicted octanol–water partition coefficient (Wildman–Crippen LogP) is 5.24. The smallest absolute Gasteiger partial charge is 0.471 e. The zero-order valence-corrected chi connectivity index (χ0v) is 30.6. The fourth-order valence-electron chi connectivity index (χ4n) is 7.80. The van der Waals surface area contributed by atoms with E-state index < -0.39 is 76.2 Å². The summed E-state index contributed by atoms with van der Waals surface area (Å²) in [5.74, 6) is -6.42. The SMILES string of the molecule is [B]C([B])([B])N(C(=O)C(F)(F)F)c1cc(C(=O)OC)ccc1C1CC2(CCN1C([B])([B])c1c(OC)cc(C)c3c1ccn3C(=O)OC(C)(C)C)CC(F)(F)C2. The Hall–Kier alpha value is -3.88. The fourth-order valence-corrected chi connectivity index (χ4v) is 7.80. The van der Waals surface area contributed by atoms with E-state index in [1.807, 2.05) is 0 Å². The van der Waals surface area contributed by atoms with Crippen LogP contribution in [-0.4, -0.2) is 110 Å². The molecule has 2 aliphatic rings. The van der Waals surface area contributed by atoms with E-state index >= 15 is 0 Å². The lowest BCUT2D eigenvalue weighted by molar-refractivity contribution is -0.187. The average Bonchev–Trinajstić information content (AvgIpc) is 3.47. The number of piperidine rings is 1. The number of halogens is 5. The van der Waals surface area contributed by atoms with Crippen LogP contribution in [0, 0.1) is 12.3 Å². The van der Waals surface area contributed by atoms with Crippen LogP contribution in [0.15, 0.2) is 36.5 Å². The first-order chi connectivity index (χ1) is 24.7. The number of carbonyl (C=O) groups excluding carboxylic acids is 3. The number of carbonyl (C=O) groups is 3. The largest absolute Gasteiger partial charge is 0.496 e.